The van der Waals surface area contributed by atoms with Gasteiger partial charge in [-0.1, -0.05) is 64.1 Å². The molecule has 0 aliphatic carbocycles. The van der Waals surface area contributed by atoms with Gasteiger partial charge in [0.25, 0.3) is 0 Å². The Balaban J connectivity index is 1.91. The molecule has 6 nitrogen and oxygen atoms in total. The van der Waals surface area contributed by atoms with Crippen LogP contribution in [0.2, 0.25) is 20.1 Å². The van der Waals surface area contributed by atoms with Crippen molar-refractivity contribution in [2.75, 3.05) is 24.3 Å². The Hall–Kier alpha value is -2.16. The van der Waals surface area contributed by atoms with Gasteiger partial charge in [-0.3, -0.25) is 4.79 Å². The van der Waals surface area contributed by atoms with Crippen LogP contribution in [0, 0.1) is 6.92 Å². The maximum absolute atomic E-state index is 13.3. The lowest BCUT2D eigenvalue weighted by Crippen LogP contribution is -2.22. The molecular weight excluding hydrogens is 530 g/mol. The smallest absolute Gasteiger partial charge is 0.243 e. The fraction of sp³-hybridized carbons (Fsp3) is 0.136. The zero-order valence-corrected chi connectivity index (χ0v) is 21.2. The van der Waals surface area contributed by atoms with Gasteiger partial charge in [-0.2, -0.15) is 0 Å². The molecule has 0 aromatic heterocycles. The summed E-state index contributed by atoms with van der Waals surface area (Å²) in [7, 11) is -2.73. The zero-order valence-electron chi connectivity index (χ0n) is 17.4. The van der Waals surface area contributed by atoms with Crippen molar-refractivity contribution < 1.29 is 17.9 Å². The summed E-state index contributed by atoms with van der Waals surface area (Å²) >= 11 is 24.6. The van der Waals surface area contributed by atoms with Gasteiger partial charge in [0.05, 0.1) is 39.3 Å². The minimum absolute atomic E-state index is 0.0217. The molecule has 11 heteroatoms. The zero-order chi connectivity index (χ0) is 24.3. The van der Waals surface area contributed by atoms with Crippen LogP contribution < -0.4 is 15.4 Å². The van der Waals surface area contributed by atoms with Crippen molar-refractivity contribution in [2.45, 2.75) is 16.7 Å². The number of aryl methyl sites for hydroxylation is 1. The monoisotopic (exact) mass is 546 g/mol. The Morgan fingerprint density at radius 1 is 0.939 bits per heavy atom. The number of amides is 1. The van der Waals surface area contributed by atoms with Crippen molar-refractivity contribution in [3.8, 4) is 5.75 Å². The number of carbonyl (C=O) groups is 1. The number of hydrogen-bond donors (Lipinski definition) is 2. The number of benzene rings is 3. The Morgan fingerprint density at radius 2 is 1.61 bits per heavy atom. The number of halogens is 4. The van der Waals surface area contributed by atoms with Crippen molar-refractivity contribution in [3.63, 3.8) is 0 Å². The van der Waals surface area contributed by atoms with Gasteiger partial charge >= 0.3 is 0 Å². The third kappa shape index (κ3) is 5.67. The Morgan fingerprint density at radius 3 is 2.21 bits per heavy atom. The first-order valence-corrected chi connectivity index (χ1v) is 12.4. The number of rotatable bonds is 7. The van der Waals surface area contributed by atoms with Crippen LogP contribution in [0.3, 0.4) is 0 Å². The summed E-state index contributed by atoms with van der Waals surface area (Å²) in [5.41, 5.74) is 1.50. The second-order valence-corrected chi connectivity index (χ2v) is 10.4. The largest absolute Gasteiger partial charge is 0.495 e. The number of methoxy groups -OCH3 is 1. The summed E-state index contributed by atoms with van der Waals surface area (Å²) in [6, 6.07) is 12.3. The standard InChI is InChI=1S/C22H18Cl4N2O4S/c1-12-3-6-14(7-4-12)33(30,31)22-20(25)17(10-18(32-2)21(22)26)27-11-19(29)28-13-5-8-15(23)16(24)9-13/h3-10,27H,11H2,1-2H3,(H,28,29). The SMILES string of the molecule is COc1cc(NCC(=O)Nc2ccc(Cl)c(Cl)c2)c(Cl)c(S(=O)(=O)c2ccc(C)cc2)c1Cl. The van der Waals surface area contributed by atoms with Crippen molar-refractivity contribution in [1.29, 1.82) is 0 Å². The normalized spacial score (nSPS) is 11.2. The number of hydrogen-bond acceptors (Lipinski definition) is 5. The lowest BCUT2D eigenvalue weighted by atomic mass is 10.2. The predicted molar refractivity (Wildman–Crippen MR) is 133 cm³/mol. The van der Waals surface area contributed by atoms with Crippen molar-refractivity contribution in [2.24, 2.45) is 0 Å². The van der Waals surface area contributed by atoms with E-state index in [9.17, 15) is 13.2 Å². The fourth-order valence-electron chi connectivity index (χ4n) is 2.89. The lowest BCUT2D eigenvalue weighted by molar-refractivity contribution is -0.114. The minimum atomic E-state index is -4.08. The summed E-state index contributed by atoms with van der Waals surface area (Å²) in [4.78, 5) is 12.1. The summed E-state index contributed by atoms with van der Waals surface area (Å²) in [5, 5.41) is 5.81. The molecule has 0 saturated heterocycles. The van der Waals surface area contributed by atoms with E-state index in [0.717, 1.165) is 5.56 Å². The van der Waals surface area contributed by atoms with Crippen LogP contribution in [0.25, 0.3) is 0 Å². The van der Waals surface area contributed by atoms with Crippen LogP contribution in [0.15, 0.2) is 58.3 Å². The molecule has 0 unspecified atom stereocenters. The van der Waals surface area contributed by atoms with Crippen LogP contribution in [0.4, 0.5) is 11.4 Å². The first-order valence-electron chi connectivity index (χ1n) is 9.41. The quantitative estimate of drug-likeness (QED) is 0.352. The summed E-state index contributed by atoms with van der Waals surface area (Å²) in [6.45, 7) is 1.61. The van der Waals surface area contributed by atoms with E-state index in [2.05, 4.69) is 10.6 Å². The molecule has 0 saturated carbocycles. The number of anilines is 2. The van der Waals surface area contributed by atoms with Gasteiger partial charge in [-0.25, -0.2) is 8.42 Å². The Labute approximate surface area is 211 Å². The first kappa shape index (κ1) is 25.5. The van der Waals surface area contributed by atoms with Crippen LogP contribution >= 0.6 is 46.4 Å². The van der Waals surface area contributed by atoms with Gasteiger partial charge in [-0.05, 0) is 37.3 Å². The van der Waals surface area contributed by atoms with E-state index in [1.54, 1.807) is 24.3 Å². The predicted octanol–water partition coefficient (Wildman–Crippen LogP) is 6.50. The highest BCUT2D eigenvalue weighted by Crippen LogP contribution is 2.43. The summed E-state index contributed by atoms with van der Waals surface area (Å²) in [5.74, 6) is -0.347. The number of nitrogens with one attached hydrogen (secondary N) is 2. The topological polar surface area (TPSA) is 84.5 Å². The molecule has 0 aliphatic rings. The van der Waals surface area contributed by atoms with Crippen LogP contribution in [-0.2, 0) is 14.6 Å². The average molecular weight is 548 g/mol. The average Bonchev–Trinajstić information content (AvgIpc) is 2.76. The molecule has 0 bridgehead atoms. The summed E-state index contributed by atoms with van der Waals surface area (Å²) < 4.78 is 31.8. The molecule has 1 amide bonds. The molecule has 3 aromatic carbocycles. The number of sulfone groups is 1. The maximum Gasteiger partial charge on any atom is 0.243 e. The van der Waals surface area contributed by atoms with E-state index < -0.39 is 15.7 Å². The van der Waals surface area contributed by atoms with Crippen molar-refractivity contribution in [1.82, 2.24) is 0 Å². The molecule has 174 valence electrons. The second-order valence-electron chi connectivity index (χ2n) is 6.93. The lowest BCUT2D eigenvalue weighted by Gasteiger charge is -2.17. The molecule has 0 heterocycles. The molecule has 33 heavy (non-hydrogen) atoms. The van der Waals surface area contributed by atoms with E-state index >= 15 is 0 Å². The van der Waals surface area contributed by atoms with E-state index in [4.69, 9.17) is 51.1 Å². The molecule has 0 fully saturated rings. The van der Waals surface area contributed by atoms with Crippen molar-refractivity contribution in [3.05, 3.63) is 74.2 Å². The van der Waals surface area contributed by atoms with E-state index in [0.29, 0.717) is 15.7 Å². The van der Waals surface area contributed by atoms with Gasteiger partial charge in [0, 0.05) is 11.8 Å². The molecule has 0 radical (unpaired) electrons. The second kappa shape index (κ2) is 10.4. The van der Waals surface area contributed by atoms with E-state index in [-0.39, 0.29) is 37.8 Å². The van der Waals surface area contributed by atoms with Gasteiger partial charge in [0.1, 0.15) is 15.7 Å². The molecule has 0 aliphatic heterocycles. The Bertz CT molecular complexity index is 1310. The van der Waals surface area contributed by atoms with E-state index in [1.165, 1.54) is 31.4 Å². The number of carbonyl (C=O) groups excluding carboxylic acids is 1. The van der Waals surface area contributed by atoms with Crippen LogP contribution in [-0.4, -0.2) is 28.0 Å². The highest BCUT2D eigenvalue weighted by Gasteiger charge is 2.29. The Kier molecular flexibility index (Phi) is 8.03. The van der Waals surface area contributed by atoms with Crippen LogP contribution in [0.5, 0.6) is 5.75 Å². The minimum Gasteiger partial charge on any atom is -0.495 e. The van der Waals surface area contributed by atoms with Crippen molar-refractivity contribution >= 4 is 73.5 Å². The van der Waals surface area contributed by atoms with Gasteiger partial charge in [0.15, 0.2) is 0 Å². The third-order valence-corrected chi connectivity index (χ3v) is 8.16. The maximum atomic E-state index is 13.3. The number of ether oxygens (including phenoxy) is 1. The third-order valence-electron chi connectivity index (χ3n) is 4.59. The molecule has 0 atom stereocenters. The molecule has 3 rings (SSSR count). The van der Waals surface area contributed by atoms with Gasteiger partial charge < -0.3 is 15.4 Å². The molecule has 2 N–H and O–H groups in total. The molecule has 0 spiro atoms. The molecule has 3 aromatic rings. The summed E-state index contributed by atoms with van der Waals surface area (Å²) in [6.07, 6.45) is 0. The van der Waals surface area contributed by atoms with Gasteiger partial charge in [0.2, 0.25) is 15.7 Å². The van der Waals surface area contributed by atoms with Crippen LogP contribution in [0.1, 0.15) is 5.56 Å². The van der Waals surface area contributed by atoms with Gasteiger partial charge in [-0.15, -0.1) is 0 Å². The first-order chi connectivity index (χ1) is 15.5. The fourth-order valence-corrected chi connectivity index (χ4v) is 5.70. The molecular formula is C22H18Cl4N2O4S. The van der Waals surface area contributed by atoms with E-state index in [1.807, 2.05) is 6.92 Å². The highest BCUT2D eigenvalue weighted by atomic mass is 35.5. The highest BCUT2D eigenvalue weighted by molar-refractivity contribution is 7.91.